The van der Waals surface area contributed by atoms with Gasteiger partial charge in [0.25, 0.3) is 5.91 Å². The molecule has 43 heavy (non-hydrogen) atoms. The molecule has 0 spiro atoms. The van der Waals surface area contributed by atoms with Gasteiger partial charge < -0.3 is 4.74 Å². The summed E-state index contributed by atoms with van der Waals surface area (Å²) in [6.07, 6.45) is 2.08. The minimum Gasteiger partial charge on any atom is -0.425 e. The lowest BCUT2D eigenvalue weighted by Gasteiger charge is -2.25. The van der Waals surface area contributed by atoms with Crippen LogP contribution < -0.4 is 4.74 Å². The lowest BCUT2D eigenvalue weighted by atomic mass is 10.0. The maximum atomic E-state index is 13.7. The van der Waals surface area contributed by atoms with E-state index in [-0.39, 0.29) is 12.3 Å². The standard InChI is InChI=1S/C34H23NO3S5/c36-32-30(20-23-11-13-25(14-12-23)24-9-5-2-6-10-24)41-34(40)35(32)28(19-22-7-3-1-4-8-22)33(37)38-27-17-15-26(16-18-27)29-21-31(39)43-42-29/h1-18,20-21,28H,19H2/b30-20-. The molecule has 1 saturated heterocycles. The number of benzene rings is 4. The molecule has 1 unspecified atom stereocenters. The molecule has 1 aliphatic rings. The third kappa shape index (κ3) is 6.92. The molecule has 9 heteroatoms. The highest BCUT2D eigenvalue weighted by Crippen LogP contribution is 2.36. The van der Waals surface area contributed by atoms with Gasteiger partial charge in [-0.3, -0.25) is 9.69 Å². The van der Waals surface area contributed by atoms with Gasteiger partial charge in [0.15, 0.2) is 0 Å². The Labute approximate surface area is 271 Å². The van der Waals surface area contributed by atoms with Crippen LogP contribution in [0.1, 0.15) is 11.1 Å². The van der Waals surface area contributed by atoms with Crippen LogP contribution >= 0.6 is 56.9 Å². The summed E-state index contributed by atoms with van der Waals surface area (Å²) < 4.78 is 6.98. The van der Waals surface area contributed by atoms with Crippen LogP contribution in [0.5, 0.6) is 5.75 Å². The van der Waals surface area contributed by atoms with Crippen molar-refractivity contribution in [3.63, 3.8) is 0 Å². The molecule has 0 N–H and O–H groups in total. The van der Waals surface area contributed by atoms with Crippen molar-refractivity contribution in [3.05, 3.63) is 135 Å². The number of hydrogen-bond acceptors (Lipinski definition) is 8. The normalized spacial score (nSPS) is 14.7. The molecule has 0 aliphatic carbocycles. The zero-order valence-electron chi connectivity index (χ0n) is 22.5. The van der Waals surface area contributed by atoms with Gasteiger partial charge in [0.2, 0.25) is 0 Å². The molecular formula is C34H23NO3S5. The minimum atomic E-state index is -0.928. The minimum absolute atomic E-state index is 0.265. The Hall–Kier alpha value is -3.73. The van der Waals surface area contributed by atoms with E-state index in [1.807, 2.05) is 97.1 Å². The average Bonchev–Trinajstić information content (AvgIpc) is 3.59. The fourth-order valence-electron chi connectivity index (χ4n) is 4.66. The largest absolute Gasteiger partial charge is 0.425 e. The number of ether oxygens (including phenoxy) is 1. The van der Waals surface area contributed by atoms with Gasteiger partial charge in [0.05, 0.1) is 4.91 Å². The molecule has 1 atom stereocenters. The first kappa shape index (κ1) is 29.3. The first-order valence-electron chi connectivity index (χ1n) is 13.3. The van der Waals surface area contributed by atoms with Crippen LogP contribution in [0, 0.1) is 3.82 Å². The number of rotatable bonds is 8. The molecule has 2 heterocycles. The monoisotopic (exact) mass is 653 g/mol. The molecule has 0 bridgehead atoms. The van der Waals surface area contributed by atoms with Gasteiger partial charge >= 0.3 is 5.97 Å². The lowest BCUT2D eigenvalue weighted by Crippen LogP contribution is -2.47. The maximum Gasteiger partial charge on any atom is 0.335 e. The Kier molecular flexibility index (Phi) is 9.06. The summed E-state index contributed by atoms with van der Waals surface area (Å²) in [6.45, 7) is 0. The zero-order valence-corrected chi connectivity index (χ0v) is 26.6. The van der Waals surface area contributed by atoms with E-state index in [9.17, 15) is 9.59 Å². The predicted octanol–water partition coefficient (Wildman–Crippen LogP) is 9.29. The Balaban J connectivity index is 1.23. The van der Waals surface area contributed by atoms with E-state index < -0.39 is 12.0 Å². The lowest BCUT2D eigenvalue weighted by molar-refractivity contribution is -0.142. The SMILES string of the molecule is O=C(Oc1ccc(-c2cc(=S)ss2)cc1)C(Cc1ccccc1)N1C(=O)/C(=C/c2ccc(-c3ccccc3)cc2)SC1=S. The number of nitrogens with zero attached hydrogens (tertiary/aromatic N) is 1. The van der Waals surface area contributed by atoms with Crippen LogP contribution in [0.2, 0.25) is 0 Å². The van der Waals surface area contributed by atoms with Gasteiger partial charge in [-0.15, -0.1) is 0 Å². The smallest absolute Gasteiger partial charge is 0.335 e. The second-order valence-corrected chi connectivity index (χ2v) is 14.3. The third-order valence-electron chi connectivity index (χ3n) is 6.81. The molecule has 5 aromatic rings. The fourth-order valence-corrected chi connectivity index (χ4v) is 8.42. The van der Waals surface area contributed by atoms with E-state index in [4.69, 9.17) is 29.2 Å². The first-order valence-corrected chi connectivity index (χ1v) is 17.1. The van der Waals surface area contributed by atoms with Crippen molar-refractivity contribution in [3.8, 4) is 27.3 Å². The Morgan fingerprint density at radius 1 is 0.791 bits per heavy atom. The number of thioether (sulfide) groups is 1. The predicted molar refractivity (Wildman–Crippen MR) is 185 cm³/mol. The summed E-state index contributed by atoms with van der Waals surface area (Å²) in [7, 11) is 3.16. The van der Waals surface area contributed by atoms with Crippen LogP contribution in [-0.4, -0.2) is 27.1 Å². The van der Waals surface area contributed by atoms with Gasteiger partial charge in [-0.25, -0.2) is 4.79 Å². The number of amides is 1. The van der Waals surface area contributed by atoms with Crippen LogP contribution in [0.25, 0.3) is 27.6 Å². The summed E-state index contributed by atoms with van der Waals surface area (Å²) in [4.78, 5) is 30.3. The van der Waals surface area contributed by atoms with E-state index in [0.717, 1.165) is 36.5 Å². The van der Waals surface area contributed by atoms with Gasteiger partial charge in [0, 0.05) is 11.3 Å². The molecule has 1 amide bonds. The average molecular weight is 654 g/mol. The highest BCUT2D eigenvalue weighted by molar-refractivity contribution is 8.26. The number of thiocarbonyl (C=S) groups is 1. The summed E-state index contributed by atoms with van der Waals surface area (Å²) in [6, 6.07) is 36.0. The summed E-state index contributed by atoms with van der Waals surface area (Å²) in [5, 5.41) is 0. The van der Waals surface area contributed by atoms with Gasteiger partial charge in [-0.05, 0) is 64.2 Å². The molecule has 1 fully saturated rings. The number of carbonyl (C=O) groups is 2. The highest BCUT2D eigenvalue weighted by Gasteiger charge is 2.41. The maximum absolute atomic E-state index is 13.7. The van der Waals surface area contributed by atoms with Crippen molar-refractivity contribution in [1.82, 2.24) is 4.90 Å². The molecule has 4 nitrogen and oxygen atoms in total. The number of esters is 1. The van der Waals surface area contributed by atoms with Crippen LogP contribution in [0.4, 0.5) is 0 Å². The second-order valence-electron chi connectivity index (χ2n) is 9.69. The van der Waals surface area contributed by atoms with E-state index in [2.05, 4.69) is 12.1 Å². The molecule has 6 rings (SSSR count). The summed E-state index contributed by atoms with van der Waals surface area (Å²) in [5.74, 6) is -0.466. The molecule has 4 aromatic carbocycles. The van der Waals surface area contributed by atoms with Gasteiger partial charge in [0.1, 0.15) is 19.9 Å². The number of carbonyl (C=O) groups excluding carboxylic acids is 2. The van der Waals surface area contributed by atoms with Crippen molar-refractivity contribution in [2.45, 2.75) is 12.5 Å². The van der Waals surface area contributed by atoms with Crippen molar-refractivity contribution in [2.24, 2.45) is 0 Å². The van der Waals surface area contributed by atoms with Crippen LogP contribution in [0.3, 0.4) is 0 Å². The summed E-state index contributed by atoms with van der Waals surface area (Å²) in [5.41, 5.74) is 4.97. The van der Waals surface area contributed by atoms with Crippen molar-refractivity contribution in [1.29, 1.82) is 0 Å². The van der Waals surface area contributed by atoms with Gasteiger partial charge in [-0.2, -0.15) is 0 Å². The van der Waals surface area contributed by atoms with Crippen molar-refractivity contribution < 1.29 is 14.3 Å². The third-order valence-corrected chi connectivity index (χ3v) is 11.1. The molecule has 0 radical (unpaired) electrons. The second kappa shape index (κ2) is 13.3. The molecule has 1 aromatic heterocycles. The van der Waals surface area contributed by atoms with Crippen molar-refractivity contribution in [2.75, 3.05) is 0 Å². The Morgan fingerprint density at radius 2 is 1.42 bits per heavy atom. The van der Waals surface area contributed by atoms with E-state index >= 15 is 0 Å². The zero-order chi connectivity index (χ0) is 29.8. The quantitative estimate of drug-likeness (QED) is 0.0547. The van der Waals surface area contributed by atoms with E-state index in [0.29, 0.717) is 15.0 Å². The van der Waals surface area contributed by atoms with Crippen molar-refractivity contribution >= 4 is 79.2 Å². The summed E-state index contributed by atoms with van der Waals surface area (Å²) >= 11 is 12.1. The van der Waals surface area contributed by atoms with E-state index in [1.54, 1.807) is 32.8 Å². The Morgan fingerprint density at radius 3 is 2.07 bits per heavy atom. The fraction of sp³-hybridized carbons (Fsp3) is 0.0588. The van der Waals surface area contributed by atoms with Gasteiger partial charge in [-0.1, -0.05) is 142 Å². The Bertz CT molecular complexity index is 1860. The molecule has 212 valence electrons. The van der Waals surface area contributed by atoms with Crippen LogP contribution in [0.15, 0.2) is 120 Å². The van der Waals surface area contributed by atoms with Crippen LogP contribution in [-0.2, 0) is 16.0 Å². The molecular weight excluding hydrogens is 631 g/mol. The van der Waals surface area contributed by atoms with E-state index in [1.165, 1.54) is 16.7 Å². The first-order chi connectivity index (χ1) is 20.9. The molecule has 0 saturated carbocycles. The number of hydrogen-bond donors (Lipinski definition) is 0. The molecule has 1 aliphatic heterocycles. The highest BCUT2D eigenvalue weighted by atomic mass is 32.9. The topological polar surface area (TPSA) is 46.6 Å².